The van der Waals surface area contributed by atoms with Gasteiger partial charge in [-0.05, 0) is 129 Å². The van der Waals surface area contributed by atoms with Gasteiger partial charge in [0.15, 0.2) is 11.6 Å². The number of rotatable bonds is 24. The summed E-state index contributed by atoms with van der Waals surface area (Å²) in [6.45, 7) is 12.7. The van der Waals surface area contributed by atoms with Crippen LogP contribution in [0.15, 0.2) is 122 Å². The van der Waals surface area contributed by atoms with Crippen LogP contribution in [0.4, 0.5) is 4.79 Å². The minimum atomic E-state index is -2.33. The molecule has 0 bridgehead atoms. The summed E-state index contributed by atoms with van der Waals surface area (Å²) in [4.78, 5) is 64.9. The minimum Gasteiger partial charge on any atom is -0.652 e. The number of ether oxygens (including phenoxy) is 4. The van der Waals surface area contributed by atoms with E-state index in [9.17, 15) is 19.2 Å². The van der Waals surface area contributed by atoms with Gasteiger partial charge in [-0.1, -0.05) is 86.6 Å². The first-order valence-corrected chi connectivity index (χ1v) is 23.7. The van der Waals surface area contributed by atoms with Crippen molar-refractivity contribution in [2.24, 2.45) is 0 Å². The van der Waals surface area contributed by atoms with Crippen LogP contribution in [-0.4, -0.2) is 75.3 Å². The van der Waals surface area contributed by atoms with Crippen molar-refractivity contribution >= 4 is 29.7 Å². The normalized spacial score (nSPS) is 11.0. The first-order valence-electron chi connectivity index (χ1n) is 23.7. The van der Waals surface area contributed by atoms with E-state index < -0.39 is 18.1 Å². The van der Waals surface area contributed by atoms with Crippen LogP contribution in [0.3, 0.4) is 0 Å². The van der Waals surface area contributed by atoms with Crippen LogP contribution in [0.25, 0.3) is 0 Å². The van der Waals surface area contributed by atoms with Crippen LogP contribution in [0.5, 0.6) is 23.3 Å². The molecule has 15 nitrogen and oxygen atoms in total. The topological polar surface area (TPSA) is 235 Å². The van der Waals surface area contributed by atoms with Gasteiger partial charge in [-0.2, -0.15) is 0 Å². The van der Waals surface area contributed by atoms with E-state index in [0.717, 1.165) is 57.7 Å². The molecule has 2 N–H and O–H groups in total. The number of pyridine rings is 2. The fourth-order valence-corrected chi connectivity index (χ4v) is 7.13. The number of carboxylic acids is 2. The standard InChI is InChI=1S/2C28H31NO5.CH2O3.2Cs/c2*1-4-21-17-25(27(32)23-8-6-5-7-9-23)28(29-18-21)34-20(3)14-15-33-24-12-10-22(19(2)16-24)11-13-26(30)31;2-1(3)4;;/h2*5-10,12,16-18,20H,4,11,13-15H2,1-3H3,(H,30,31);(H2,2,3,4);;/q;;;2*+1/p-2. The van der Waals surface area contributed by atoms with Gasteiger partial charge in [0.2, 0.25) is 11.8 Å². The molecule has 6 aromatic rings. The Morgan fingerprint density at radius 1 is 0.554 bits per heavy atom. The third-order valence-corrected chi connectivity index (χ3v) is 11.2. The molecular weight excluding hydrogens is 1190 g/mol. The van der Waals surface area contributed by atoms with Crippen molar-refractivity contribution in [1.82, 2.24) is 9.97 Å². The number of carbonyl (C=O) groups is 5. The van der Waals surface area contributed by atoms with E-state index in [0.29, 0.717) is 72.9 Å². The van der Waals surface area contributed by atoms with Crippen LogP contribution in [-0.2, 0) is 35.3 Å². The van der Waals surface area contributed by atoms with Crippen LogP contribution >= 0.6 is 0 Å². The minimum absolute atomic E-state index is 0. The molecule has 2 heterocycles. The third-order valence-electron chi connectivity index (χ3n) is 11.2. The summed E-state index contributed by atoms with van der Waals surface area (Å²) in [6, 6.07) is 33.4. The Balaban J connectivity index is 0.000000461. The van der Waals surface area contributed by atoms with Crippen molar-refractivity contribution in [1.29, 1.82) is 0 Å². The summed E-state index contributed by atoms with van der Waals surface area (Å²) in [7, 11) is 0. The van der Waals surface area contributed by atoms with Crippen molar-refractivity contribution in [2.75, 3.05) is 13.2 Å². The van der Waals surface area contributed by atoms with Crippen molar-refractivity contribution < 1.29 is 201 Å². The predicted octanol–water partition coefficient (Wildman–Crippen LogP) is 2.44. The summed E-state index contributed by atoms with van der Waals surface area (Å²) in [5.74, 6) is 0.292. The zero-order valence-corrected chi connectivity index (χ0v) is 56.1. The Labute approximate surface area is 551 Å². The van der Waals surface area contributed by atoms with E-state index in [4.69, 9.17) is 44.2 Å². The number of carbonyl (C=O) groups excluding carboxylic acids is 3. The molecule has 2 atom stereocenters. The van der Waals surface area contributed by atoms with E-state index in [1.165, 1.54) is 0 Å². The summed E-state index contributed by atoms with van der Waals surface area (Å²) in [6.07, 6.45) is 4.73. The number of aryl methyl sites for hydroxylation is 6. The first-order chi connectivity index (χ1) is 34.5. The van der Waals surface area contributed by atoms with Crippen molar-refractivity contribution in [3.05, 3.63) is 177 Å². The number of ketones is 2. The van der Waals surface area contributed by atoms with E-state index in [1.54, 1.807) is 36.7 Å². The van der Waals surface area contributed by atoms with Crippen LogP contribution in [0, 0.1) is 13.8 Å². The Morgan fingerprint density at radius 3 is 1.22 bits per heavy atom. The second kappa shape index (κ2) is 35.4. The van der Waals surface area contributed by atoms with Gasteiger partial charge in [-0.25, -0.2) is 9.97 Å². The molecule has 380 valence electrons. The van der Waals surface area contributed by atoms with Crippen molar-refractivity contribution in [3.8, 4) is 23.3 Å². The van der Waals surface area contributed by atoms with Crippen LogP contribution in [0.2, 0.25) is 0 Å². The average Bonchev–Trinajstić information content (AvgIpc) is 3.36. The Kier molecular flexibility index (Phi) is 31.6. The van der Waals surface area contributed by atoms with E-state index in [-0.39, 0.29) is 174 Å². The Morgan fingerprint density at radius 2 is 0.905 bits per heavy atom. The molecule has 0 aliphatic carbocycles. The molecule has 0 amide bonds. The maximum absolute atomic E-state index is 13.1. The van der Waals surface area contributed by atoms with E-state index >= 15 is 0 Å². The van der Waals surface area contributed by atoms with E-state index in [2.05, 4.69) is 9.97 Å². The number of hydrogen-bond acceptors (Lipinski definition) is 13. The smallest absolute Gasteiger partial charge is 0.652 e. The number of aromatic nitrogens is 2. The van der Waals surface area contributed by atoms with Gasteiger partial charge in [-0.15, -0.1) is 0 Å². The van der Waals surface area contributed by atoms with Gasteiger partial charge in [0.25, 0.3) is 0 Å². The van der Waals surface area contributed by atoms with E-state index in [1.807, 2.05) is 126 Å². The molecule has 4 aromatic carbocycles. The molecule has 2 unspecified atom stereocenters. The largest absolute Gasteiger partial charge is 1.00 e. The van der Waals surface area contributed by atoms with Gasteiger partial charge in [0.05, 0.1) is 24.3 Å². The number of aliphatic carboxylic acids is 2. The van der Waals surface area contributed by atoms with Crippen molar-refractivity contribution in [3.63, 3.8) is 0 Å². The predicted molar refractivity (Wildman–Crippen MR) is 267 cm³/mol. The quantitative estimate of drug-likeness (QED) is 0.0829. The van der Waals surface area contributed by atoms with Crippen LogP contribution in [0.1, 0.15) is 119 Å². The molecule has 0 spiro atoms. The summed E-state index contributed by atoms with van der Waals surface area (Å²) in [5.41, 5.74) is 8.10. The number of hydrogen-bond donors (Lipinski definition) is 2. The molecule has 17 heteroatoms. The Hall–Kier alpha value is -3.97. The molecule has 0 fully saturated rings. The molecular formula is C57H62Cs2N2O13. The summed E-state index contributed by atoms with van der Waals surface area (Å²) < 4.78 is 23.9. The fourth-order valence-electron chi connectivity index (χ4n) is 7.13. The van der Waals surface area contributed by atoms with Gasteiger partial charge < -0.3 is 44.2 Å². The van der Waals surface area contributed by atoms with Crippen LogP contribution < -0.4 is 167 Å². The number of benzene rings is 4. The summed E-state index contributed by atoms with van der Waals surface area (Å²) >= 11 is 0. The second-order valence-corrected chi connectivity index (χ2v) is 16.8. The van der Waals surface area contributed by atoms with Gasteiger partial charge >= 0.3 is 150 Å². The van der Waals surface area contributed by atoms with Crippen molar-refractivity contribution in [2.45, 2.75) is 105 Å². The zero-order valence-electron chi connectivity index (χ0n) is 43.6. The number of nitrogens with zero attached hydrogens (tertiary/aromatic N) is 2. The van der Waals surface area contributed by atoms with Gasteiger partial charge in [0.1, 0.15) is 23.7 Å². The average molecular weight is 1250 g/mol. The second-order valence-electron chi connectivity index (χ2n) is 16.8. The fraction of sp³-hybridized carbons (Fsp3) is 0.316. The monoisotopic (exact) mass is 1250 g/mol. The maximum atomic E-state index is 13.1. The first kappa shape index (κ1) is 66.1. The summed E-state index contributed by atoms with van der Waals surface area (Å²) in [5, 5.41) is 34.4. The number of carboxylic acid groups (broad SMARTS) is 4. The molecule has 0 radical (unpaired) electrons. The molecule has 6 rings (SSSR count). The molecule has 0 aliphatic heterocycles. The molecule has 74 heavy (non-hydrogen) atoms. The van der Waals surface area contributed by atoms with Gasteiger partial charge in [0, 0.05) is 49.2 Å². The molecule has 0 aliphatic rings. The molecule has 0 saturated heterocycles. The SMILES string of the molecule is CCc1cnc(OC(C)CCOc2ccc(CCC(=O)O)c(C)c2)c(C(=O)c2ccccc2)c1.CCc1cnc(OC(C)CCOc2ccc(CCC(=O)O)c(C)c2)c(C(=O)c2ccccc2)c1.O=C([O-])[O-].[Cs+].[Cs+]. The van der Waals surface area contributed by atoms with Gasteiger partial charge in [-0.3, -0.25) is 19.2 Å². The maximum Gasteiger partial charge on any atom is 1.00 e. The molecule has 2 aromatic heterocycles. The molecule has 0 saturated carbocycles. The zero-order chi connectivity index (χ0) is 52.6. The third kappa shape index (κ3) is 23.5. The Bertz CT molecular complexity index is 2560.